The topological polar surface area (TPSA) is 28.4 Å². The van der Waals surface area contributed by atoms with Crippen LogP contribution in [-0.2, 0) is 6.54 Å². The number of nitrogens with one attached hydrogen (secondary N) is 1. The molecule has 13 heavy (non-hydrogen) atoms. The van der Waals surface area contributed by atoms with Crippen molar-refractivity contribution in [2.45, 2.75) is 19.5 Å². The number of hydrogen-bond donors (Lipinski definition) is 1. The molecule has 0 amide bonds. The molecular weight excluding hydrogens is 164 g/mol. The highest BCUT2D eigenvalue weighted by Crippen LogP contribution is 2.09. The molecule has 1 aliphatic rings. The van der Waals surface area contributed by atoms with Gasteiger partial charge in [-0.05, 0) is 19.1 Å². The SMILES string of the molecule is C[C@@H]1CNCCN1Cc1ccco1. The van der Waals surface area contributed by atoms with Gasteiger partial charge >= 0.3 is 0 Å². The summed E-state index contributed by atoms with van der Waals surface area (Å²) in [5.74, 6) is 1.06. The van der Waals surface area contributed by atoms with Crippen LogP contribution in [0.1, 0.15) is 12.7 Å². The number of nitrogens with zero attached hydrogens (tertiary/aromatic N) is 1. The van der Waals surface area contributed by atoms with Crippen LogP contribution >= 0.6 is 0 Å². The van der Waals surface area contributed by atoms with Gasteiger partial charge in [0, 0.05) is 25.7 Å². The fourth-order valence-electron chi connectivity index (χ4n) is 1.72. The first-order valence-electron chi connectivity index (χ1n) is 4.83. The molecule has 1 aromatic rings. The Morgan fingerprint density at radius 3 is 3.31 bits per heavy atom. The molecule has 0 unspecified atom stereocenters. The van der Waals surface area contributed by atoms with Gasteiger partial charge in [0.1, 0.15) is 5.76 Å². The maximum atomic E-state index is 5.32. The quantitative estimate of drug-likeness (QED) is 0.738. The summed E-state index contributed by atoms with van der Waals surface area (Å²) in [4.78, 5) is 2.44. The van der Waals surface area contributed by atoms with E-state index in [1.165, 1.54) is 0 Å². The standard InChI is InChI=1S/C10H16N2O/c1-9-7-11-4-5-12(9)8-10-3-2-6-13-10/h2-3,6,9,11H,4-5,7-8H2,1H3/t9-/m1/s1. The molecule has 1 atom stereocenters. The zero-order valence-corrected chi connectivity index (χ0v) is 7.99. The van der Waals surface area contributed by atoms with Crippen molar-refractivity contribution in [2.24, 2.45) is 0 Å². The minimum absolute atomic E-state index is 0.610. The van der Waals surface area contributed by atoms with Crippen LogP contribution in [0.4, 0.5) is 0 Å². The van der Waals surface area contributed by atoms with Crippen LogP contribution in [0.3, 0.4) is 0 Å². The van der Waals surface area contributed by atoms with Gasteiger partial charge in [-0.2, -0.15) is 0 Å². The molecule has 0 spiro atoms. The molecule has 3 heteroatoms. The van der Waals surface area contributed by atoms with Crippen LogP contribution in [0.25, 0.3) is 0 Å². The van der Waals surface area contributed by atoms with Crippen LogP contribution < -0.4 is 5.32 Å². The van der Waals surface area contributed by atoms with Gasteiger partial charge in [-0.3, -0.25) is 4.90 Å². The molecule has 1 fully saturated rings. The molecule has 0 bridgehead atoms. The van der Waals surface area contributed by atoms with Crippen LogP contribution in [0.15, 0.2) is 22.8 Å². The summed E-state index contributed by atoms with van der Waals surface area (Å²) >= 11 is 0. The molecule has 3 nitrogen and oxygen atoms in total. The van der Waals surface area contributed by atoms with Crippen LogP contribution in [-0.4, -0.2) is 30.6 Å². The van der Waals surface area contributed by atoms with Gasteiger partial charge < -0.3 is 9.73 Å². The van der Waals surface area contributed by atoms with Gasteiger partial charge in [0.05, 0.1) is 12.8 Å². The van der Waals surface area contributed by atoms with Gasteiger partial charge in [-0.1, -0.05) is 0 Å². The summed E-state index contributed by atoms with van der Waals surface area (Å²) < 4.78 is 5.32. The van der Waals surface area contributed by atoms with Crippen molar-refractivity contribution >= 4 is 0 Å². The molecule has 1 saturated heterocycles. The van der Waals surface area contributed by atoms with E-state index < -0.39 is 0 Å². The predicted molar refractivity (Wildman–Crippen MR) is 51.4 cm³/mol. The molecule has 0 saturated carbocycles. The monoisotopic (exact) mass is 180 g/mol. The summed E-state index contributed by atoms with van der Waals surface area (Å²) in [7, 11) is 0. The van der Waals surface area contributed by atoms with Gasteiger partial charge in [0.15, 0.2) is 0 Å². The second kappa shape index (κ2) is 3.94. The summed E-state index contributed by atoms with van der Waals surface area (Å²) in [6.07, 6.45) is 1.74. The van der Waals surface area contributed by atoms with Gasteiger partial charge in [-0.15, -0.1) is 0 Å². The van der Waals surface area contributed by atoms with Gasteiger partial charge in [0.2, 0.25) is 0 Å². The molecule has 1 aromatic heterocycles. The maximum Gasteiger partial charge on any atom is 0.117 e. The van der Waals surface area contributed by atoms with Crippen LogP contribution in [0.2, 0.25) is 0 Å². The summed E-state index contributed by atoms with van der Waals surface area (Å²) in [6.45, 7) is 6.47. The lowest BCUT2D eigenvalue weighted by atomic mass is 10.2. The normalized spacial score (nSPS) is 24.8. The highest BCUT2D eigenvalue weighted by Gasteiger charge is 2.18. The zero-order valence-electron chi connectivity index (χ0n) is 7.99. The summed E-state index contributed by atoms with van der Waals surface area (Å²) in [5.41, 5.74) is 0. The fraction of sp³-hybridized carbons (Fsp3) is 0.600. The Balaban J connectivity index is 1.93. The Morgan fingerprint density at radius 1 is 1.69 bits per heavy atom. The largest absolute Gasteiger partial charge is 0.468 e. The first-order chi connectivity index (χ1) is 6.36. The molecule has 1 aliphatic heterocycles. The first-order valence-corrected chi connectivity index (χ1v) is 4.83. The second-order valence-corrected chi connectivity index (χ2v) is 3.60. The lowest BCUT2D eigenvalue weighted by Gasteiger charge is -2.33. The number of piperazine rings is 1. The minimum atomic E-state index is 0.610. The van der Waals surface area contributed by atoms with E-state index in [2.05, 4.69) is 17.1 Å². The molecular formula is C10H16N2O. The maximum absolute atomic E-state index is 5.32. The Labute approximate surface area is 78.7 Å². The van der Waals surface area contributed by atoms with E-state index in [4.69, 9.17) is 4.42 Å². The van der Waals surface area contributed by atoms with Crippen molar-refractivity contribution in [3.8, 4) is 0 Å². The second-order valence-electron chi connectivity index (χ2n) is 3.60. The average Bonchev–Trinajstić information content (AvgIpc) is 2.61. The smallest absolute Gasteiger partial charge is 0.117 e. The van der Waals surface area contributed by atoms with Crippen molar-refractivity contribution < 1.29 is 4.42 Å². The van der Waals surface area contributed by atoms with E-state index in [9.17, 15) is 0 Å². The molecule has 0 radical (unpaired) electrons. The third-order valence-electron chi connectivity index (χ3n) is 2.58. The molecule has 2 heterocycles. The number of furan rings is 1. The molecule has 2 rings (SSSR count). The number of rotatable bonds is 2. The highest BCUT2D eigenvalue weighted by atomic mass is 16.3. The van der Waals surface area contributed by atoms with E-state index in [0.29, 0.717) is 6.04 Å². The van der Waals surface area contributed by atoms with Crippen molar-refractivity contribution in [2.75, 3.05) is 19.6 Å². The molecule has 1 N–H and O–H groups in total. The van der Waals surface area contributed by atoms with Crippen molar-refractivity contribution in [3.63, 3.8) is 0 Å². The highest BCUT2D eigenvalue weighted by molar-refractivity contribution is 4.98. The van der Waals surface area contributed by atoms with Crippen molar-refractivity contribution in [1.82, 2.24) is 10.2 Å². The third-order valence-corrected chi connectivity index (χ3v) is 2.58. The van der Waals surface area contributed by atoms with E-state index in [1.807, 2.05) is 12.1 Å². The minimum Gasteiger partial charge on any atom is -0.468 e. The third kappa shape index (κ3) is 2.11. The average molecular weight is 180 g/mol. The van der Waals surface area contributed by atoms with Crippen LogP contribution in [0.5, 0.6) is 0 Å². The van der Waals surface area contributed by atoms with Crippen LogP contribution in [0, 0.1) is 0 Å². The van der Waals surface area contributed by atoms with E-state index >= 15 is 0 Å². The van der Waals surface area contributed by atoms with Gasteiger partial charge in [0.25, 0.3) is 0 Å². The summed E-state index contributed by atoms with van der Waals surface area (Å²) in [5, 5.41) is 3.37. The lowest BCUT2D eigenvalue weighted by molar-refractivity contribution is 0.154. The Hall–Kier alpha value is -0.800. The Bertz CT molecular complexity index is 245. The zero-order chi connectivity index (χ0) is 9.10. The molecule has 0 aromatic carbocycles. The Morgan fingerprint density at radius 2 is 2.62 bits per heavy atom. The summed E-state index contributed by atoms with van der Waals surface area (Å²) in [6, 6.07) is 4.59. The fourth-order valence-corrected chi connectivity index (χ4v) is 1.72. The van der Waals surface area contributed by atoms with E-state index in [0.717, 1.165) is 31.9 Å². The molecule has 0 aliphatic carbocycles. The van der Waals surface area contributed by atoms with Crippen molar-refractivity contribution in [3.05, 3.63) is 24.2 Å². The van der Waals surface area contributed by atoms with E-state index in [1.54, 1.807) is 6.26 Å². The lowest BCUT2D eigenvalue weighted by Crippen LogP contribution is -2.49. The first kappa shape index (κ1) is 8.78. The van der Waals surface area contributed by atoms with E-state index in [-0.39, 0.29) is 0 Å². The predicted octanol–water partition coefficient (Wildman–Crippen LogP) is 1.07. The Kier molecular flexibility index (Phi) is 2.66. The van der Waals surface area contributed by atoms with Crippen molar-refractivity contribution in [1.29, 1.82) is 0 Å². The molecule has 72 valence electrons. The van der Waals surface area contributed by atoms with Gasteiger partial charge in [-0.25, -0.2) is 0 Å². The number of hydrogen-bond acceptors (Lipinski definition) is 3.